The molecule has 0 saturated heterocycles. The predicted octanol–water partition coefficient (Wildman–Crippen LogP) is 1.02. The largest absolute Gasteiger partial charge is 0.342 e. The molecule has 2 amide bonds. The number of hydrogen-bond acceptors (Lipinski definition) is 7. The van der Waals surface area contributed by atoms with Gasteiger partial charge in [-0.15, -0.1) is 11.3 Å². The van der Waals surface area contributed by atoms with E-state index in [0.717, 1.165) is 4.88 Å². The Morgan fingerprint density at radius 3 is 3.09 bits per heavy atom. The van der Waals surface area contributed by atoms with Crippen molar-refractivity contribution in [1.82, 2.24) is 20.5 Å². The van der Waals surface area contributed by atoms with E-state index in [4.69, 9.17) is 4.52 Å². The van der Waals surface area contributed by atoms with Crippen LogP contribution in [0.1, 0.15) is 18.7 Å². The van der Waals surface area contributed by atoms with Crippen molar-refractivity contribution < 1.29 is 14.1 Å². The summed E-state index contributed by atoms with van der Waals surface area (Å²) in [5.74, 6) is 0.376. The summed E-state index contributed by atoms with van der Waals surface area (Å²) < 4.78 is 5.09. The monoisotopic (exact) mass is 319 g/mol. The molecule has 3 rings (SSSR count). The molecule has 2 aromatic heterocycles. The molecule has 0 radical (unpaired) electrons. The van der Waals surface area contributed by atoms with Crippen LogP contribution in [0.2, 0.25) is 0 Å². The molecule has 1 N–H and O–H groups in total. The van der Waals surface area contributed by atoms with Crippen molar-refractivity contribution >= 4 is 28.9 Å². The van der Waals surface area contributed by atoms with Gasteiger partial charge in [-0.1, -0.05) is 11.2 Å². The fraction of sp³-hybridized carbons (Fsp3) is 0.308. The van der Waals surface area contributed by atoms with E-state index in [1.807, 2.05) is 17.5 Å². The highest BCUT2D eigenvalue weighted by Crippen LogP contribution is 2.21. The molecule has 0 atom stereocenters. The Kier molecular flexibility index (Phi) is 3.96. The highest BCUT2D eigenvalue weighted by atomic mass is 32.1. The van der Waals surface area contributed by atoms with E-state index in [1.54, 1.807) is 0 Å². The van der Waals surface area contributed by atoms with Gasteiger partial charge in [-0.3, -0.25) is 9.59 Å². The fourth-order valence-electron chi connectivity index (χ4n) is 1.92. The molecule has 1 aliphatic rings. The molecule has 3 heterocycles. The van der Waals surface area contributed by atoms with Crippen LogP contribution < -0.4 is 5.32 Å². The SMILES string of the molecule is CN1N=C(C(=O)NCc2nc(-c3cccs3)no2)CCC1=O. The number of rotatable bonds is 4. The van der Waals surface area contributed by atoms with Gasteiger partial charge in [-0.2, -0.15) is 10.1 Å². The third kappa shape index (κ3) is 3.03. The van der Waals surface area contributed by atoms with E-state index in [0.29, 0.717) is 23.8 Å². The Morgan fingerprint density at radius 1 is 1.50 bits per heavy atom. The van der Waals surface area contributed by atoms with Crippen LogP contribution in [0.4, 0.5) is 0 Å². The maximum atomic E-state index is 12.0. The van der Waals surface area contributed by atoms with Crippen LogP contribution in [0, 0.1) is 0 Å². The first kappa shape index (κ1) is 14.4. The predicted molar refractivity (Wildman–Crippen MR) is 78.9 cm³/mol. The fourth-order valence-corrected chi connectivity index (χ4v) is 2.57. The maximum absolute atomic E-state index is 12.0. The second-order valence-corrected chi connectivity index (χ2v) is 5.58. The number of aromatic nitrogens is 2. The van der Waals surface area contributed by atoms with Gasteiger partial charge in [0.2, 0.25) is 17.6 Å². The molecule has 1 aliphatic heterocycles. The van der Waals surface area contributed by atoms with Gasteiger partial charge in [-0.05, 0) is 11.4 Å². The van der Waals surface area contributed by atoms with Crippen LogP contribution in [0.3, 0.4) is 0 Å². The van der Waals surface area contributed by atoms with Crippen molar-refractivity contribution in [1.29, 1.82) is 0 Å². The molecule has 9 heteroatoms. The summed E-state index contributed by atoms with van der Waals surface area (Å²) >= 11 is 1.51. The minimum absolute atomic E-state index is 0.103. The Labute approximate surface area is 129 Å². The number of carbonyl (C=O) groups is 2. The molecule has 0 saturated carbocycles. The first-order chi connectivity index (χ1) is 10.6. The molecule has 0 spiro atoms. The summed E-state index contributed by atoms with van der Waals surface area (Å²) in [7, 11) is 1.53. The number of hydrogen-bond donors (Lipinski definition) is 1. The molecule has 0 aliphatic carbocycles. The summed E-state index contributed by atoms with van der Waals surface area (Å²) in [4.78, 5) is 28.4. The van der Waals surface area contributed by atoms with Crippen molar-refractivity contribution in [3.05, 3.63) is 23.4 Å². The number of hydrazone groups is 1. The number of nitrogens with one attached hydrogen (secondary N) is 1. The third-order valence-electron chi connectivity index (χ3n) is 3.08. The van der Waals surface area contributed by atoms with Crippen LogP contribution >= 0.6 is 11.3 Å². The summed E-state index contributed by atoms with van der Waals surface area (Å²) in [6, 6.07) is 3.79. The van der Waals surface area contributed by atoms with Gasteiger partial charge in [0, 0.05) is 19.9 Å². The first-order valence-corrected chi connectivity index (χ1v) is 7.50. The van der Waals surface area contributed by atoms with Crippen molar-refractivity contribution in [2.24, 2.45) is 5.10 Å². The lowest BCUT2D eigenvalue weighted by molar-refractivity contribution is -0.130. The molecule has 0 fully saturated rings. The average molecular weight is 319 g/mol. The molecule has 2 aromatic rings. The zero-order valence-corrected chi connectivity index (χ0v) is 12.6. The average Bonchev–Trinajstić information content (AvgIpc) is 3.18. The molecule has 22 heavy (non-hydrogen) atoms. The van der Waals surface area contributed by atoms with E-state index < -0.39 is 0 Å². The quantitative estimate of drug-likeness (QED) is 0.907. The van der Waals surface area contributed by atoms with Gasteiger partial charge in [0.1, 0.15) is 5.71 Å². The highest BCUT2D eigenvalue weighted by Gasteiger charge is 2.22. The van der Waals surface area contributed by atoms with Crippen LogP contribution in [0.5, 0.6) is 0 Å². The lowest BCUT2D eigenvalue weighted by Gasteiger charge is -2.18. The Morgan fingerprint density at radius 2 is 2.36 bits per heavy atom. The lowest BCUT2D eigenvalue weighted by Crippen LogP contribution is -2.37. The van der Waals surface area contributed by atoms with Gasteiger partial charge >= 0.3 is 0 Å². The van der Waals surface area contributed by atoms with Crippen LogP contribution in [0.15, 0.2) is 27.1 Å². The summed E-state index contributed by atoms with van der Waals surface area (Å²) in [5, 5.41) is 13.6. The molecule has 8 nitrogen and oxygen atoms in total. The second-order valence-electron chi connectivity index (χ2n) is 4.64. The lowest BCUT2D eigenvalue weighted by atomic mass is 10.1. The minimum atomic E-state index is -0.338. The standard InChI is InChI=1S/C13H13N5O3S/c1-18-11(19)5-4-8(16-18)13(20)14-7-10-15-12(17-21-10)9-3-2-6-22-9/h2-3,6H,4-5,7H2,1H3,(H,14,20). The van der Waals surface area contributed by atoms with Gasteiger partial charge in [-0.25, -0.2) is 5.01 Å². The van der Waals surface area contributed by atoms with Crippen LogP contribution in [0.25, 0.3) is 10.7 Å². The minimum Gasteiger partial charge on any atom is -0.342 e. The molecular formula is C13H13N5O3S. The molecule has 114 valence electrons. The number of nitrogens with zero attached hydrogens (tertiary/aromatic N) is 4. The van der Waals surface area contributed by atoms with Gasteiger partial charge < -0.3 is 9.84 Å². The Hall–Kier alpha value is -2.55. The van der Waals surface area contributed by atoms with Gasteiger partial charge in [0.05, 0.1) is 11.4 Å². The number of thiophene rings is 1. The molecule has 0 unspecified atom stereocenters. The number of carbonyl (C=O) groups excluding carboxylic acids is 2. The van der Waals surface area contributed by atoms with E-state index >= 15 is 0 Å². The molecule has 0 bridgehead atoms. The normalized spacial score (nSPS) is 14.9. The zero-order chi connectivity index (χ0) is 15.5. The maximum Gasteiger partial charge on any atom is 0.267 e. The second kappa shape index (κ2) is 6.06. The highest BCUT2D eigenvalue weighted by molar-refractivity contribution is 7.13. The van der Waals surface area contributed by atoms with Gasteiger partial charge in [0.15, 0.2) is 0 Å². The smallest absolute Gasteiger partial charge is 0.267 e. The van der Waals surface area contributed by atoms with E-state index in [-0.39, 0.29) is 24.8 Å². The van der Waals surface area contributed by atoms with Crippen molar-refractivity contribution in [2.45, 2.75) is 19.4 Å². The first-order valence-electron chi connectivity index (χ1n) is 6.62. The van der Waals surface area contributed by atoms with E-state index in [9.17, 15) is 9.59 Å². The van der Waals surface area contributed by atoms with Crippen LogP contribution in [-0.4, -0.2) is 39.7 Å². The Bertz CT molecular complexity index is 722. The molecular weight excluding hydrogens is 306 g/mol. The van der Waals surface area contributed by atoms with Crippen LogP contribution in [-0.2, 0) is 16.1 Å². The summed E-state index contributed by atoms with van der Waals surface area (Å²) in [6.07, 6.45) is 0.616. The van der Waals surface area contributed by atoms with Crippen molar-refractivity contribution in [3.63, 3.8) is 0 Å². The zero-order valence-electron chi connectivity index (χ0n) is 11.8. The van der Waals surface area contributed by atoms with Gasteiger partial charge in [0.25, 0.3) is 5.91 Å². The summed E-state index contributed by atoms with van der Waals surface area (Å²) in [6.45, 7) is 0.119. The number of amides is 2. The molecule has 0 aromatic carbocycles. The third-order valence-corrected chi connectivity index (χ3v) is 3.95. The van der Waals surface area contributed by atoms with E-state index in [2.05, 4.69) is 20.6 Å². The summed E-state index contributed by atoms with van der Waals surface area (Å²) in [5.41, 5.74) is 0.320. The van der Waals surface area contributed by atoms with E-state index in [1.165, 1.54) is 23.4 Å². The Balaban J connectivity index is 1.60. The topological polar surface area (TPSA) is 101 Å². The van der Waals surface area contributed by atoms with Crippen molar-refractivity contribution in [2.75, 3.05) is 7.05 Å². The van der Waals surface area contributed by atoms with Crippen molar-refractivity contribution in [3.8, 4) is 10.7 Å².